The van der Waals surface area contributed by atoms with E-state index in [4.69, 9.17) is 0 Å². The van der Waals surface area contributed by atoms with E-state index in [1.54, 1.807) is 11.1 Å². The summed E-state index contributed by atoms with van der Waals surface area (Å²) in [5, 5.41) is 3.29. The maximum atomic E-state index is 3.29. The van der Waals surface area contributed by atoms with Crippen molar-refractivity contribution in [2.24, 2.45) is 5.92 Å². The van der Waals surface area contributed by atoms with E-state index in [-0.39, 0.29) is 12.4 Å². The summed E-state index contributed by atoms with van der Waals surface area (Å²) >= 11 is 0. The lowest BCUT2D eigenvalue weighted by Crippen LogP contribution is -2.38. The second-order valence-electron chi connectivity index (χ2n) is 6.48. The van der Waals surface area contributed by atoms with E-state index in [1.165, 1.54) is 58.2 Å². The summed E-state index contributed by atoms with van der Waals surface area (Å²) in [7, 11) is 2.06. The summed E-state index contributed by atoms with van der Waals surface area (Å²) in [4.78, 5) is 2.76. The summed E-state index contributed by atoms with van der Waals surface area (Å²) < 4.78 is 0. The summed E-state index contributed by atoms with van der Waals surface area (Å²) in [6, 6.07) is 9.82. The van der Waals surface area contributed by atoms with E-state index in [0.29, 0.717) is 6.04 Å². The minimum atomic E-state index is 0. The number of fused-ring (bicyclic) bond motifs is 1. The van der Waals surface area contributed by atoms with E-state index in [0.717, 1.165) is 5.92 Å². The Bertz CT molecular complexity index is 427. The first-order valence-corrected chi connectivity index (χ1v) is 8.35. The van der Waals surface area contributed by atoms with E-state index >= 15 is 0 Å². The van der Waals surface area contributed by atoms with Gasteiger partial charge in [0.2, 0.25) is 0 Å². The van der Waals surface area contributed by atoms with Gasteiger partial charge < -0.3 is 5.32 Å². The molecule has 0 aromatic heterocycles. The van der Waals surface area contributed by atoms with Gasteiger partial charge in [0.15, 0.2) is 0 Å². The Balaban J connectivity index is 0.00000161. The largest absolute Gasteiger partial charge is 0.320 e. The highest BCUT2D eigenvalue weighted by atomic mass is 35.5. The molecule has 1 N–H and O–H groups in total. The first kappa shape index (κ1) is 16.8. The van der Waals surface area contributed by atoms with Crippen LogP contribution in [0.2, 0.25) is 0 Å². The number of hydrogen-bond donors (Lipinski definition) is 1. The Hall–Kier alpha value is -0.570. The van der Waals surface area contributed by atoms with Crippen molar-refractivity contribution >= 4 is 12.4 Å². The van der Waals surface area contributed by atoms with Crippen LogP contribution in [0.3, 0.4) is 0 Å². The van der Waals surface area contributed by atoms with Crippen LogP contribution in [0.1, 0.15) is 49.3 Å². The van der Waals surface area contributed by atoms with Crippen LogP contribution in [0.4, 0.5) is 0 Å². The quantitative estimate of drug-likeness (QED) is 0.910. The standard InChI is InChI=1S/C18H28N2.ClH/c1-19-12-9-15-10-13-20(14-11-15)18-8-4-6-16-5-2-3-7-17(16)18;/h2-3,5,7,15,18-19H,4,6,8-14H2,1H3;1H. The number of rotatable bonds is 4. The number of piperidine rings is 1. The minimum absolute atomic E-state index is 0. The van der Waals surface area contributed by atoms with Crippen molar-refractivity contribution in [3.63, 3.8) is 0 Å². The summed E-state index contributed by atoms with van der Waals surface area (Å²) in [5.74, 6) is 0.942. The zero-order valence-corrected chi connectivity index (χ0v) is 14.0. The zero-order chi connectivity index (χ0) is 13.8. The molecule has 1 aromatic carbocycles. The number of nitrogens with one attached hydrogen (secondary N) is 1. The highest BCUT2D eigenvalue weighted by Gasteiger charge is 2.28. The molecule has 1 aromatic rings. The van der Waals surface area contributed by atoms with Crippen LogP contribution in [-0.2, 0) is 6.42 Å². The molecule has 1 unspecified atom stereocenters. The summed E-state index contributed by atoms with van der Waals surface area (Å²) in [5.41, 5.74) is 3.22. The third-order valence-corrected chi connectivity index (χ3v) is 5.23. The molecule has 1 fully saturated rings. The van der Waals surface area contributed by atoms with Crippen molar-refractivity contribution in [3.05, 3.63) is 35.4 Å². The van der Waals surface area contributed by atoms with Gasteiger partial charge in [0.05, 0.1) is 0 Å². The molecule has 3 rings (SSSR count). The molecule has 1 aliphatic heterocycles. The van der Waals surface area contributed by atoms with Crippen molar-refractivity contribution in [3.8, 4) is 0 Å². The lowest BCUT2D eigenvalue weighted by molar-refractivity contribution is 0.118. The smallest absolute Gasteiger partial charge is 0.0350 e. The Morgan fingerprint density at radius 3 is 2.67 bits per heavy atom. The van der Waals surface area contributed by atoms with Gasteiger partial charge in [0.1, 0.15) is 0 Å². The molecule has 2 aliphatic rings. The topological polar surface area (TPSA) is 15.3 Å². The van der Waals surface area contributed by atoms with Gasteiger partial charge in [-0.25, -0.2) is 0 Å². The summed E-state index contributed by atoms with van der Waals surface area (Å²) in [6.07, 6.45) is 8.14. The van der Waals surface area contributed by atoms with Crippen molar-refractivity contribution in [2.75, 3.05) is 26.7 Å². The number of likely N-dealkylation sites (tertiary alicyclic amines) is 1. The second kappa shape index (κ2) is 8.17. The van der Waals surface area contributed by atoms with Gasteiger partial charge in [-0.2, -0.15) is 0 Å². The predicted octanol–water partition coefficient (Wildman–Crippen LogP) is 3.81. The highest BCUT2D eigenvalue weighted by molar-refractivity contribution is 5.85. The molecule has 3 heteroatoms. The van der Waals surface area contributed by atoms with Crippen LogP contribution in [0.5, 0.6) is 0 Å². The van der Waals surface area contributed by atoms with E-state index in [2.05, 4.69) is 41.5 Å². The third-order valence-electron chi connectivity index (χ3n) is 5.23. The molecule has 0 radical (unpaired) electrons. The fourth-order valence-corrected chi connectivity index (χ4v) is 4.01. The minimum Gasteiger partial charge on any atom is -0.320 e. The first-order chi connectivity index (χ1) is 9.88. The fraction of sp³-hybridized carbons (Fsp3) is 0.667. The Morgan fingerprint density at radius 1 is 1.14 bits per heavy atom. The van der Waals surface area contributed by atoms with Gasteiger partial charge >= 0.3 is 0 Å². The molecule has 118 valence electrons. The SMILES string of the molecule is CNCCC1CCN(C2CCCc3ccccc32)CC1.Cl. The van der Waals surface area contributed by atoms with Crippen LogP contribution in [0, 0.1) is 5.92 Å². The van der Waals surface area contributed by atoms with Crippen LogP contribution in [0.15, 0.2) is 24.3 Å². The molecule has 0 bridgehead atoms. The Labute approximate surface area is 135 Å². The molecule has 1 saturated heterocycles. The van der Waals surface area contributed by atoms with Crippen LogP contribution < -0.4 is 5.32 Å². The highest BCUT2D eigenvalue weighted by Crippen LogP contribution is 2.36. The van der Waals surface area contributed by atoms with E-state index in [9.17, 15) is 0 Å². The maximum absolute atomic E-state index is 3.29. The fourth-order valence-electron chi connectivity index (χ4n) is 4.01. The molecule has 1 heterocycles. The van der Waals surface area contributed by atoms with Crippen molar-refractivity contribution in [1.29, 1.82) is 0 Å². The molecule has 2 nitrogen and oxygen atoms in total. The monoisotopic (exact) mass is 308 g/mol. The van der Waals surface area contributed by atoms with Crippen LogP contribution in [-0.4, -0.2) is 31.6 Å². The second-order valence-corrected chi connectivity index (χ2v) is 6.48. The number of halogens is 1. The molecule has 1 aliphatic carbocycles. The molecule has 1 atom stereocenters. The number of nitrogens with zero attached hydrogens (tertiary/aromatic N) is 1. The van der Waals surface area contributed by atoms with Crippen molar-refractivity contribution in [1.82, 2.24) is 10.2 Å². The third kappa shape index (κ3) is 4.00. The van der Waals surface area contributed by atoms with Gasteiger partial charge in [-0.15, -0.1) is 12.4 Å². The zero-order valence-electron chi connectivity index (χ0n) is 13.2. The molecule has 0 amide bonds. The average molecular weight is 309 g/mol. The van der Waals surface area contributed by atoms with Gasteiger partial charge in [-0.1, -0.05) is 24.3 Å². The average Bonchev–Trinajstić information content (AvgIpc) is 2.53. The number of hydrogen-bond acceptors (Lipinski definition) is 2. The van der Waals surface area contributed by atoms with E-state index in [1.807, 2.05) is 0 Å². The predicted molar refractivity (Wildman–Crippen MR) is 92.2 cm³/mol. The van der Waals surface area contributed by atoms with Gasteiger partial charge in [-0.05, 0) is 82.3 Å². The van der Waals surface area contributed by atoms with Crippen LogP contribution in [0.25, 0.3) is 0 Å². The normalized spacial score (nSPS) is 23.4. The first-order valence-electron chi connectivity index (χ1n) is 8.35. The Morgan fingerprint density at radius 2 is 1.90 bits per heavy atom. The van der Waals surface area contributed by atoms with E-state index < -0.39 is 0 Å². The molecular weight excluding hydrogens is 280 g/mol. The lowest BCUT2D eigenvalue weighted by atomic mass is 9.84. The number of benzene rings is 1. The van der Waals surface area contributed by atoms with Crippen molar-refractivity contribution < 1.29 is 0 Å². The van der Waals surface area contributed by atoms with Crippen LogP contribution >= 0.6 is 12.4 Å². The number of aryl methyl sites for hydroxylation is 1. The van der Waals surface area contributed by atoms with Crippen molar-refractivity contribution in [2.45, 2.75) is 44.6 Å². The molecular formula is C18H29ClN2. The molecule has 21 heavy (non-hydrogen) atoms. The lowest BCUT2D eigenvalue weighted by Gasteiger charge is -2.40. The summed E-state index contributed by atoms with van der Waals surface area (Å²) in [6.45, 7) is 3.78. The van der Waals surface area contributed by atoms with Gasteiger partial charge in [-0.3, -0.25) is 4.90 Å². The maximum Gasteiger partial charge on any atom is 0.0350 e. The Kier molecular flexibility index (Phi) is 6.53. The van der Waals surface area contributed by atoms with Gasteiger partial charge in [0.25, 0.3) is 0 Å². The molecule has 0 spiro atoms. The molecule has 0 saturated carbocycles. The van der Waals surface area contributed by atoms with Gasteiger partial charge in [0, 0.05) is 6.04 Å².